The van der Waals surface area contributed by atoms with Crippen LogP contribution < -0.4 is 10.5 Å². The summed E-state index contributed by atoms with van der Waals surface area (Å²) < 4.78 is 10.4. The van der Waals surface area contributed by atoms with E-state index in [1.54, 1.807) is 18.2 Å². The van der Waals surface area contributed by atoms with Crippen molar-refractivity contribution < 1.29 is 14.3 Å². The molecule has 0 radical (unpaired) electrons. The van der Waals surface area contributed by atoms with Crippen molar-refractivity contribution in [2.24, 2.45) is 11.7 Å². The van der Waals surface area contributed by atoms with Crippen molar-refractivity contribution >= 4 is 5.97 Å². The minimum Gasteiger partial charge on any atom is -0.493 e. The number of methoxy groups -OCH3 is 1. The summed E-state index contributed by atoms with van der Waals surface area (Å²) in [5.74, 6) is 1.10. The Morgan fingerprint density at radius 3 is 2.78 bits per heavy atom. The maximum Gasteiger partial charge on any atom is 0.337 e. The van der Waals surface area contributed by atoms with Gasteiger partial charge in [-0.1, -0.05) is 6.42 Å². The SMILES string of the molecule is COC(=O)c1ccc(OCC2CCC2)c(CN)c1. The predicted molar refractivity (Wildman–Crippen MR) is 68.5 cm³/mol. The van der Waals surface area contributed by atoms with Crippen LogP contribution in [0.15, 0.2) is 18.2 Å². The van der Waals surface area contributed by atoms with Gasteiger partial charge in [-0.25, -0.2) is 4.79 Å². The average Bonchev–Trinajstić information content (AvgIpc) is 2.36. The summed E-state index contributed by atoms with van der Waals surface area (Å²) in [5, 5.41) is 0. The van der Waals surface area contributed by atoms with Gasteiger partial charge in [0, 0.05) is 12.1 Å². The van der Waals surface area contributed by atoms with Crippen molar-refractivity contribution in [3.05, 3.63) is 29.3 Å². The van der Waals surface area contributed by atoms with Crippen molar-refractivity contribution in [1.82, 2.24) is 0 Å². The molecule has 0 bridgehead atoms. The van der Waals surface area contributed by atoms with E-state index in [-0.39, 0.29) is 5.97 Å². The van der Waals surface area contributed by atoms with Gasteiger partial charge in [0.05, 0.1) is 19.3 Å². The normalized spacial score (nSPS) is 15.0. The van der Waals surface area contributed by atoms with Crippen molar-refractivity contribution in [2.75, 3.05) is 13.7 Å². The molecule has 0 aliphatic heterocycles. The number of rotatable bonds is 5. The fourth-order valence-corrected chi connectivity index (χ4v) is 1.99. The van der Waals surface area contributed by atoms with E-state index in [2.05, 4.69) is 4.74 Å². The number of nitrogens with two attached hydrogens (primary N) is 1. The van der Waals surface area contributed by atoms with Crippen molar-refractivity contribution in [1.29, 1.82) is 0 Å². The number of carbonyl (C=O) groups is 1. The Bertz CT molecular complexity index is 427. The molecule has 0 unspecified atom stereocenters. The monoisotopic (exact) mass is 249 g/mol. The van der Waals surface area contributed by atoms with Gasteiger partial charge in [0.15, 0.2) is 0 Å². The Morgan fingerprint density at radius 1 is 1.44 bits per heavy atom. The smallest absolute Gasteiger partial charge is 0.337 e. The van der Waals surface area contributed by atoms with Crippen LogP contribution in [0.3, 0.4) is 0 Å². The van der Waals surface area contributed by atoms with Crippen LogP contribution >= 0.6 is 0 Å². The van der Waals surface area contributed by atoms with Crippen LogP contribution in [0.2, 0.25) is 0 Å². The Balaban J connectivity index is 2.06. The lowest BCUT2D eigenvalue weighted by molar-refractivity contribution is 0.0600. The molecule has 0 amide bonds. The highest BCUT2D eigenvalue weighted by Gasteiger charge is 2.18. The number of esters is 1. The number of hydrogen-bond acceptors (Lipinski definition) is 4. The number of carbonyl (C=O) groups excluding carboxylic acids is 1. The summed E-state index contributed by atoms with van der Waals surface area (Å²) >= 11 is 0. The first-order valence-corrected chi connectivity index (χ1v) is 6.28. The van der Waals surface area contributed by atoms with Gasteiger partial charge in [0.2, 0.25) is 0 Å². The summed E-state index contributed by atoms with van der Waals surface area (Å²) in [7, 11) is 1.37. The van der Waals surface area contributed by atoms with Gasteiger partial charge in [-0.2, -0.15) is 0 Å². The lowest BCUT2D eigenvalue weighted by Gasteiger charge is -2.25. The lowest BCUT2D eigenvalue weighted by Crippen LogP contribution is -2.20. The first-order chi connectivity index (χ1) is 8.74. The molecule has 0 spiro atoms. The van der Waals surface area contributed by atoms with Crippen LogP contribution in [-0.2, 0) is 11.3 Å². The summed E-state index contributed by atoms with van der Waals surface area (Å²) in [6.45, 7) is 1.09. The Morgan fingerprint density at radius 2 is 2.22 bits per heavy atom. The zero-order chi connectivity index (χ0) is 13.0. The molecule has 4 nitrogen and oxygen atoms in total. The number of hydrogen-bond donors (Lipinski definition) is 1. The predicted octanol–water partition coefficient (Wildman–Crippen LogP) is 2.11. The first kappa shape index (κ1) is 12.9. The van der Waals surface area contributed by atoms with E-state index >= 15 is 0 Å². The van der Waals surface area contributed by atoms with Crippen LogP contribution in [0.5, 0.6) is 5.75 Å². The van der Waals surface area contributed by atoms with Gasteiger partial charge in [-0.05, 0) is 37.0 Å². The molecular weight excluding hydrogens is 230 g/mol. The minimum absolute atomic E-state index is 0.352. The van der Waals surface area contributed by atoms with E-state index < -0.39 is 0 Å². The average molecular weight is 249 g/mol. The molecule has 1 fully saturated rings. The Labute approximate surface area is 107 Å². The van der Waals surface area contributed by atoms with Crippen molar-refractivity contribution in [3.8, 4) is 5.75 Å². The number of ether oxygens (including phenoxy) is 2. The summed E-state index contributed by atoms with van der Waals surface area (Å²) in [6, 6.07) is 5.25. The molecule has 1 aliphatic carbocycles. The van der Waals surface area contributed by atoms with Gasteiger partial charge in [0.1, 0.15) is 5.75 Å². The second-order valence-corrected chi connectivity index (χ2v) is 4.63. The van der Waals surface area contributed by atoms with Gasteiger partial charge in [-0.15, -0.1) is 0 Å². The van der Waals surface area contributed by atoms with Gasteiger partial charge >= 0.3 is 5.97 Å². The highest BCUT2D eigenvalue weighted by molar-refractivity contribution is 5.89. The maximum absolute atomic E-state index is 11.4. The van der Waals surface area contributed by atoms with Gasteiger partial charge in [-0.3, -0.25) is 0 Å². The molecule has 0 atom stereocenters. The third kappa shape index (κ3) is 2.82. The third-order valence-electron chi connectivity index (χ3n) is 3.40. The van der Waals surface area contributed by atoms with Crippen LogP contribution in [-0.4, -0.2) is 19.7 Å². The Hall–Kier alpha value is -1.55. The molecule has 1 aliphatic rings. The molecule has 0 aromatic heterocycles. The minimum atomic E-state index is -0.352. The molecule has 18 heavy (non-hydrogen) atoms. The van der Waals surface area contributed by atoms with E-state index in [0.717, 1.165) is 17.9 Å². The van der Waals surface area contributed by atoms with Crippen LogP contribution in [0, 0.1) is 5.92 Å². The van der Waals surface area contributed by atoms with Crippen LogP contribution in [0.1, 0.15) is 35.2 Å². The summed E-state index contributed by atoms with van der Waals surface area (Å²) in [5.41, 5.74) is 7.03. The zero-order valence-electron chi connectivity index (χ0n) is 10.6. The highest BCUT2D eigenvalue weighted by atomic mass is 16.5. The van der Waals surface area contributed by atoms with E-state index in [1.807, 2.05) is 0 Å². The van der Waals surface area contributed by atoms with E-state index in [4.69, 9.17) is 10.5 Å². The molecule has 2 rings (SSSR count). The largest absolute Gasteiger partial charge is 0.493 e. The zero-order valence-corrected chi connectivity index (χ0v) is 10.6. The molecule has 1 aromatic rings. The Kier molecular flexibility index (Phi) is 4.20. The van der Waals surface area contributed by atoms with E-state index in [0.29, 0.717) is 18.0 Å². The fraction of sp³-hybridized carbons (Fsp3) is 0.500. The van der Waals surface area contributed by atoms with Crippen LogP contribution in [0.4, 0.5) is 0 Å². The van der Waals surface area contributed by atoms with E-state index in [1.165, 1.54) is 26.4 Å². The topological polar surface area (TPSA) is 61.5 Å². The third-order valence-corrected chi connectivity index (χ3v) is 3.40. The van der Waals surface area contributed by atoms with Crippen LogP contribution in [0.25, 0.3) is 0 Å². The second kappa shape index (κ2) is 5.87. The van der Waals surface area contributed by atoms with E-state index in [9.17, 15) is 4.79 Å². The quantitative estimate of drug-likeness (QED) is 0.812. The molecule has 0 saturated heterocycles. The molecule has 2 N–H and O–H groups in total. The summed E-state index contributed by atoms with van der Waals surface area (Å²) in [4.78, 5) is 11.4. The van der Waals surface area contributed by atoms with Crippen molar-refractivity contribution in [2.45, 2.75) is 25.8 Å². The lowest BCUT2D eigenvalue weighted by atomic mass is 9.86. The maximum atomic E-state index is 11.4. The molecule has 4 heteroatoms. The van der Waals surface area contributed by atoms with Gasteiger partial charge < -0.3 is 15.2 Å². The fourth-order valence-electron chi connectivity index (χ4n) is 1.99. The summed E-state index contributed by atoms with van der Waals surface area (Å²) in [6.07, 6.45) is 3.80. The number of benzene rings is 1. The van der Waals surface area contributed by atoms with Gasteiger partial charge in [0.25, 0.3) is 0 Å². The molecule has 98 valence electrons. The highest BCUT2D eigenvalue weighted by Crippen LogP contribution is 2.28. The standard InChI is InChI=1S/C14H19NO3/c1-17-14(16)11-5-6-13(12(7-11)8-15)18-9-10-3-2-4-10/h5-7,10H,2-4,8-9,15H2,1H3. The first-order valence-electron chi connectivity index (χ1n) is 6.28. The molecular formula is C14H19NO3. The molecule has 0 heterocycles. The second-order valence-electron chi connectivity index (χ2n) is 4.63. The molecule has 1 aromatic carbocycles. The molecule has 1 saturated carbocycles. The van der Waals surface area contributed by atoms with Crippen molar-refractivity contribution in [3.63, 3.8) is 0 Å².